The molecule has 0 fully saturated rings. The quantitative estimate of drug-likeness (QED) is 0.725. The second-order valence-electron chi connectivity index (χ2n) is 8.01. The monoisotopic (exact) mass is 360 g/mol. The van der Waals surface area contributed by atoms with Crippen LogP contribution >= 0.6 is 0 Å². The van der Waals surface area contributed by atoms with Gasteiger partial charge in [0, 0.05) is 35.9 Å². The van der Waals surface area contributed by atoms with Crippen LogP contribution in [0.3, 0.4) is 0 Å². The number of pyridine rings is 1. The molecule has 2 aromatic heterocycles. The van der Waals surface area contributed by atoms with Crippen molar-refractivity contribution in [3.8, 4) is 17.0 Å². The minimum atomic E-state index is -0.0292. The maximum absolute atomic E-state index is 13.0. The van der Waals surface area contributed by atoms with Gasteiger partial charge in [-0.1, -0.05) is 44.2 Å². The Balaban J connectivity index is 1.92. The molecule has 4 rings (SSSR count). The second-order valence-corrected chi connectivity index (χ2v) is 8.01. The Hall–Kier alpha value is -2.88. The second kappa shape index (κ2) is 6.69. The van der Waals surface area contributed by atoms with E-state index in [2.05, 4.69) is 35.9 Å². The third kappa shape index (κ3) is 3.27. The van der Waals surface area contributed by atoms with Crippen molar-refractivity contribution >= 4 is 5.78 Å². The van der Waals surface area contributed by atoms with Crippen molar-refractivity contribution in [1.29, 1.82) is 0 Å². The zero-order valence-corrected chi connectivity index (χ0v) is 16.0. The molecule has 4 heteroatoms. The fraction of sp³-hybridized carbons (Fsp3) is 0.304. The number of benzene rings is 1. The Morgan fingerprint density at radius 2 is 1.93 bits per heavy atom. The van der Waals surface area contributed by atoms with Crippen molar-refractivity contribution in [2.45, 2.75) is 33.1 Å². The number of carbonyl (C=O) groups excluding carboxylic acids is 1. The number of ether oxygens (including phenoxy) is 1. The number of H-pyrrole nitrogens is 1. The Kier molecular flexibility index (Phi) is 4.34. The number of Topliss-reactive ketones (excluding diaryl/α,β-unsaturated/α-hetero) is 1. The van der Waals surface area contributed by atoms with Gasteiger partial charge in [-0.25, -0.2) is 0 Å². The summed E-state index contributed by atoms with van der Waals surface area (Å²) in [5.41, 5.74) is 6.03. The molecule has 4 nitrogen and oxygen atoms in total. The van der Waals surface area contributed by atoms with Gasteiger partial charge in [0.05, 0.1) is 19.0 Å². The molecular weight excluding hydrogens is 336 g/mol. The van der Waals surface area contributed by atoms with E-state index in [1.54, 1.807) is 19.5 Å². The molecule has 1 N–H and O–H groups in total. The van der Waals surface area contributed by atoms with Crippen molar-refractivity contribution in [2.75, 3.05) is 7.11 Å². The maximum atomic E-state index is 13.0. The highest BCUT2D eigenvalue weighted by Crippen LogP contribution is 2.41. The first kappa shape index (κ1) is 17.5. The zero-order chi connectivity index (χ0) is 19.0. The lowest BCUT2D eigenvalue weighted by Gasteiger charge is -2.28. The smallest absolute Gasteiger partial charge is 0.165 e. The van der Waals surface area contributed by atoms with Crippen LogP contribution < -0.4 is 4.74 Å². The van der Waals surface area contributed by atoms with Crippen molar-refractivity contribution in [2.24, 2.45) is 5.41 Å². The highest BCUT2D eigenvalue weighted by Gasteiger charge is 2.35. The lowest BCUT2D eigenvalue weighted by molar-refractivity contribution is 0.0911. The number of hydrogen-bond donors (Lipinski definition) is 1. The van der Waals surface area contributed by atoms with Gasteiger partial charge in [-0.15, -0.1) is 0 Å². The standard InChI is InChI=1S/C23H24N2O2/c1-23(2)12-18-21(19(26)13-23)17(11-15-7-5-4-6-8-15)22(25-18)16-9-10-24-14-20(16)27-3/h4-10,14,25H,11-13H2,1-3H3. The molecule has 138 valence electrons. The summed E-state index contributed by atoms with van der Waals surface area (Å²) >= 11 is 0. The largest absolute Gasteiger partial charge is 0.494 e. The first-order valence-electron chi connectivity index (χ1n) is 9.28. The van der Waals surface area contributed by atoms with E-state index < -0.39 is 0 Å². The first-order valence-corrected chi connectivity index (χ1v) is 9.28. The van der Waals surface area contributed by atoms with E-state index in [1.807, 2.05) is 24.3 Å². The average molecular weight is 360 g/mol. The van der Waals surface area contributed by atoms with Crippen LogP contribution in [-0.4, -0.2) is 22.9 Å². The maximum Gasteiger partial charge on any atom is 0.165 e. The highest BCUT2D eigenvalue weighted by molar-refractivity contribution is 6.02. The summed E-state index contributed by atoms with van der Waals surface area (Å²) in [7, 11) is 1.65. The number of ketones is 1. The fourth-order valence-electron chi connectivity index (χ4n) is 4.09. The van der Waals surface area contributed by atoms with Crippen LogP contribution in [0.25, 0.3) is 11.3 Å². The summed E-state index contributed by atoms with van der Waals surface area (Å²) in [6, 6.07) is 12.2. The van der Waals surface area contributed by atoms with Gasteiger partial charge >= 0.3 is 0 Å². The average Bonchev–Trinajstić information content (AvgIpc) is 2.99. The molecule has 0 spiro atoms. The molecule has 0 aliphatic heterocycles. The summed E-state index contributed by atoms with van der Waals surface area (Å²) < 4.78 is 5.54. The molecule has 2 heterocycles. The third-order valence-corrected chi connectivity index (χ3v) is 5.25. The summed E-state index contributed by atoms with van der Waals surface area (Å²) in [6.07, 6.45) is 5.62. The molecule has 0 saturated heterocycles. The molecule has 0 saturated carbocycles. The lowest BCUT2D eigenvalue weighted by atomic mass is 9.75. The number of rotatable bonds is 4. The normalized spacial score (nSPS) is 15.4. The molecule has 0 radical (unpaired) electrons. The van der Waals surface area contributed by atoms with Gasteiger partial charge in [0.25, 0.3) is 0 Å². The van der Waals surface area contributed by atoms with Gasteiger partial charge in [0.1, 0.15) is 5.75 Å². The van der Waals surface area contributed by atoms with Gasteiger partial charge in [-0.2, -0.15) is 0 Å². The van der Waals surface area contributed by atoms with E-state index in [-0.39, 0.29) is 11.2 Å². The number of aromatic amines is 1. The molecule has 1 aliphatic carbocycles. The van der Waals surface area contributed by atoms with Gasteiger partial charge in [0.15, 0.2) is 5.78 Å². The van der Waals surface area contributed by atoms with E-state index in [9.17, 15) is 4.79 Å². The van der Waals surface area contributed by atoms with Crippen LogP contribution in [0.2, 0.25) is 0 Å². The summed E-state index contributed by atoms with van der Waals surface area (Å²) in [5.74, 6) is 0.930. The number of nitrogens with zero attached hydrogens (tertiary/aromatic N) is 1. The predicted molar refractivity (Wildman–Crippen MR) is 106 cm³/mol. The predicted octanol–water partition coefficient (Wildman–Crippen LogP) is 4.83. The highest BCUT2D eigenvalue weighted by atomic mass is 16.5. The van der Waals surface area contributed by atoms with Crippen molar-refractivity contribution in [3.63, 3.8) is 0 Å². The van der Waals surface area contributed by atoms with Crippen LogP contribution in [0.4, 0.5) is 0 Å². The van der Waals surface area contributed by atoms with Crippen LogP contribution in [-0.2, 0) is 12.8 Å². The van der Waals surface area contributed by atoms with Crippen LogP contribution in [0.15, 0.2) is 48.8 Å². The fourth-order valence-corrected chi connectivity index (χ4v) is 4.09. The Morgan fingerprint density at radius 1 is 1.15 bits per heavy atom. The van der Waals surface area contributed by atoms with E-state index in [1.165, 1.54) is 5.56 Å². The van der Waals surface area contributed by atoms with E-state index in [4.69, 9.17) is 4.74 Å². The molecule has 0 amide bonds. The molecule has 0 unspecified atom stereocenters. The van der Waals surface area contributed by atoms with Crippen molar-refractivity contribution in [1.82, 2.24) is 9.97 Å². The number of methoxy groups -OCH3 is 1. The van der Waals surface area contributed by atoms with Crippen molar-refractivity contribution in [3.05, 3.63) is 71.2 Å². The van der Waals surface area contributed by atoms with E-state index in [0.717, 1.165) is 34.5 Å². The van der Waals surface area contributed by atoms with Crippen molar-refractivity contribution < 1.29 is 9.53 Å². The molecular formula is C23H24N2O2. The van der Waals surface area contributed by atoms with Crippen LogP contribution in [0.5, 0.6) is 5.75 Å². The van der Waals surface area contributed by atoms with Gasteiger partial charge in [-0.05, 0) is 29.0 Å². The van der Waals surface area contributed by atoms with E-state index >= 15 is 0 Å². The van der Waals surface area contributed by atoms with Gasteiger partial charge in [-0.3, -0.25) is 9.78 Å². The molecule has 0 atom stereocenters. The van der Waals surface area contributed by atoms with E-state index in [0.29, 0.717) is 18.6 Å². The Morgan fingerprint density at radius 3 is 2.67 bits per heavy atom. The minimum Gasteiger partial charge on any atom is -0.494 e. The van der Waals surface area contributed by atoms with Gasteiger partial charge < -0.3 is 9.72 Å². The molecule has 27 heavy (non-hydrogen) atoms. The lowest BCUT2D eigenvalue weighted by Crippen LogP contribution is -2.27. The van der Waals surface area contributed by atoms with Crippen LogP contribution in [0.1, 0.15) is 47.4 Å². The topological polar surface area (TPSA) is 55.0 Å². The molecule has 1 aromatic carbocycles. The number of fused-ring (bicyclic) bond motifs is 1. The number of hydrogen-bond acceptors (Lipinski definition) is 3. The number of carbonyl (C=O) groups is 1. The first-order chi connectivity index (χ1) is 13.0. The molecule has 0 bridgehead atoms. The number of aromatic nitrogens is 2. The molecule has 1 aliphatic rings. The third-order valence-electron chi connectivity index (χ3n) is 5.25. The summed E-state index contributed by atoms with van der Waals surface area (Å²) in [6.45, 7) is 4.30. The van der Waals surface area contributed by atoms with Crippen LogP contribution in [0, 0.1) is 5.41 Å². The van der Waals surface area contributed by atoms with Gasteiger partial charge in [0.2, 0.25) is 0 Å². The minimum absolute atomic E-state index is 0.0292. The zero-order valence-electron chi connectivity index (χ0n) is 16.0. The number of nitrogens with one attached hydrogen (secondary N) is 1. The summed E-state index contributed by atoms with van der Waals surface area (Å²) in [4.78, 5) is 20.8. The summed E-state index contributed by atoms with van der Waals surface area (Å²) in [5, 5.41) is 0. The Labute approximate surface area is 159 Å². The Bertz CT molecular complexity index is 987. The SMILES string of the molecule is COc1cnccc1-c1[nH]c2c(c1Cc1ccccc1)C(=O)CC(C)(C)C2. The molecule has 3 aromatic rings.